The summed E-state index contributed by atoms with van der Waals surface area (Å²) in [5, 5.41) is 8.75. The Bertz CT molecular complexity index is 758. The zero-order valence-electron chi connectivity index (χ0n) is 13.2. The molecule has 22 heavy (non-hydrogen) atoms. The molecule has 0 fully saturated rings. The molecule has 0 aliphatic heterocycles. The molecule has 3 aromatic rings. The monoisotopic (exact) mass is 315 g/mol. The first-order valence-electron chi connectivity index (χ1n) is 7.43. The molecule has 0 spiro atoms. The van der Waals surface area contributed by atoms with Crippen LogP contribution in [0.1, 0.15) is 0 Å². The van der Waals surface area contributed by atoms with Gasteiger partial charge >= 0.3 is 0 Å². The molecule has 0 radical (unpaired) electrons. The fraction of sp³-hybridized carbons (Fsp3) is 0.400. The van der Waals surface area contributed by atoms with Crippen LogP contribution in [-0.4, -0.2) is 39.2 Å². The lowest BCUT2D eigenvalue weighted by molar-refractivity contribution is 0.0782. The second-order valence-corrected chi connectivity index (χ2v) is 12.1. The Labute approximate surface area is 130 Å². The van der Waals surface area contributed by atoms with Crippen molar-refractivity contribution < 1.29 is 4.74 Å². The van der Waals surface area contributed by atoms with Gasteiger partial charge in [-0.3, -0.25) is 4.98 Å². The Morgan fingerprint density at radius 1 is 1.14 bits per heavy atom. The summed E-state index contributed by atoms with van der Waals surface area (Å²) in [6.07, 6.45) is 5.30. The molecule has 0 unspecified atom stereocenters. The largest absolute Gasteiger partial charge is 0.359 e. The van der Waals surface area contributed by atoms with Gasteiger partial charge in [0, 0.05) is 26.9 Å². The highest BCUT2D eigenvalue weighted by Crippen LogP contribution is 2.16. The van der Waals surface area contributed by atoms with Crippen LogP contribution in [0.2, 0.25) is 25.7 Å². The van der Waals surface area contributed by atoms with Gasteiger partial charge in [0.2, 0.25) is 0 Å². The van der Waals surface area contributed by atoms with E-state index in [1.54, 1.807) is 18.6 Å². The average Bonchev–Trinajstić information content (AvgIpc) is 3.08. The first-order chi connectivity index (χ1) is 10.5. The summed E-state index contributed by atoms with van der Waals surface area (Å²) < 4.78 is 9.45. The summed E-state index contributed by atoms with van der Waals surface area (Å²) in [7, 11) is -1.06. The predicted octanol–water partition coefficient (Wildman–Crippen LogP) is 2.93. The molecule has 0 amide bonds. The summed E-state index contributed by atoms with van der Waals surface area (Å²) in [4.78, 5) is 4.30. The summed E-state index contributed by atoms with van der Waals surface area (Å²) in [5.41, 5.74) is 1.83. The van der Waals surface area contributed by atoms with Crippen LogP contribution in [0.5, 0.6) is 0 Å². The topological polar surface area (TPSA) is 57.8 Å². The van der Waals surface area contributed by atoms with Crippen molar-refractivity contribution in [2.45, 2.75) is 32.4 Å². The van der Waals surface area contributed by atoms with Crippen molar-refractivity contribution in [3.63, 3.8) is 0 Å². The number of hydrogen-bond donors (Lipinski definition) is 0. The number of ether oxygens (including phenoxy) is 1. The first-order valence-corrected chi connectivity index (χ1v) is 11.1. The highest BCUT2D eigenvalue weighted by molar-refractivity contribution is 6.76. The van der Waals surface area contributed by atoms with E-state index in [0.717, 1.165) is 29.5 Å². The molecule has 0 aromatic carbocycles. The van der Waals surface area contributed by atoms with Crippen molar-refractivity contribution in [3.05, 3.63) is 36.8 Å². The number of aromatic nitrogens is 5. The van der Waals surface area contributed by atoms with E-state index < -0.39 is 8.07 Å². The van der Waals surface area contributed by atoms with Crippen molar-refractivity contribution in [3.8, 4) is 5.82 Å². The lowest BCUT2D eigenvalue weighted by Gasteiger charge is -2.15. The van der Waals surface area contributed by atoms with Gasteiger partial charge in [0.15, 0.2) is 5.82 Å². The molecular weight excluding hydrogens is 294 g/mol. The molecule has 116 valence electrons. The lowest BCUT2D eigenvalue weighted by Crippen LogP contribution is -2.22. The van der Waals surface area contributed by atoms with Crippen LogP contribution in [0, 0.1) is 0 Å². The van der Waals surface area contributed by atoms with Crippen molar-refractivity contribution >= 4 is 19.1 Å². The zero-order chi connectivity index (χ0) is 15.6. The number of fused-ring (bicyclic) bond motifs is 1. The Kier molecular flexibility index (Phi) is 4.08. The summed E-state index contributed by atoms with van der Waals surface area (Å²) in [6.45, 7) is 8.25. The minimum Gasteiger partial charge on any atom is -0.359 e. The maximum Gasteiger partial charge on any atom is 0.155 e. The van der Waals surface area contributed by atoms with Gasteiger partial charge in [-0.25, -0.2) is 9.36 Å². The Balaban J connectivity index is 1.75. The molecule has 7 heteroatoms. The normalized spacial score (nSPS) is 12.1. The van der Waals surface area contributed by atoms with Crippen LogP contribution in [-0.2, 0) is 11.5 Å². The van der Waals surface area contributed by atoms with E-state index >= 15 is 0 Å². The highest BCUT2D eigenvalue weighted by atomic mass is 28.3. The van der Waals surface area contributed by atoms with Gasteiger partial charge in [-0.05, 0) is 18.2 Å². The molecule has 3 aromatic heterocycles. The van der Waals surface area contributed by atoms with Gasteiger partial charge in [0.25, 0.3) is 0 Å². The van der Waals surface area contributed by atoms with Crippen LogP contribution >= 0.6 is 0 Å². The molecule has 0 atom stereocenters. The van der Waals surface area contributed by atoms with Crippen LogP contribution < -0.4 is 0 Å². The Morgan fingerprint density at radius 3 is 2.82 bits per heavy atom. The van der Waals surface area contributed by atoms with Gasteiger partial charge in [-0.1, -0.05) is 19.6 Å². The second kappa shape index (κ2) is 6.02. The fourth-order valence-corrected chi connectivity index (χ4v) is 2.94. The Morgan fingerprint density at radius 2 is 2.00 bits per heavy atom. The molecule has 6 nitrogen and oxygen atoms in total. The van der Waals surface area contributed by atoms with Gasteiger partial charge in [0.1, 0.15) is 12.2 Å². The average molecular weight is 315 g/mol. The fourth-order valence-electron chi connectivity index (χ4n) is 2.18. The van der Waals surface area contributed by atoms with Gasteiger partial charge < -0.3 is 4.74 Å². The molecule has 0 saturated carbocycles. The molecule has 0 aliphatic rings. The summed E-state index contributed by atoms with van der Waals surface area (Å²) in [5.74, 6) is 0.885. The molecule has 0 saturated heterocycles. The zero-order valence-corrected chi connectivity index (χ0v) is 14.2. The molecule has 3 rings (SSSR count). The van der Waals surface area contributed by atoms with Gasteiger partial charge in [-0.15, -0.1) is 0 Å². The second-order valence-electron chi connectivity index (χ2n) is 6.50. The van der Waals surface area contributed by atoms with Crippen LogP contribution in [0.25, 0.3) is 16.9 Å². The third kappa shape index (κ3) is 3.25. The van der Waals surface area contributed by atoms with Crippen molar-refractivity contribution in [2.24, 2.45) is 0 Å². The number of hydrogen-bond acceptors (Lipinski definition) is 4. The lowest BCUT2D eigenvalue weighted by atomic mass is 10.4. The molecule has 0 bridgehead atoms. The van der Waals surface area contributed by atoms with E-state index in [1.807, 2.05) is 27.6 Å². The van der Waals surface area contributed by atoms with Crippen LogP contribution in [0.3, 0.4) is 0 Å². The highest BCUT2D eigenvalue weighted by Gasteiger charge is 2.13. The number of nitrogens with zero attached hydrogens (tertiary/aromatic N) is 5. The molecule has 0 N–H and O–H groups in total. The minimum atomic E-state index is -1.06. The predicted molar refractivity (Wildman–Crippen MR) is 88.8 cm³/mol. The van der Waals surface area contributed by atoms with Crippen LogP contribution in [0.4, 0.5) is 0 Å². The van der Waals surface area contributed by atoms with E-state index in [2.05, 4.69) is 34.8 Å². The maximum atomic E-state index is 5.78. The van der Waals surface area contributed by atoms with Crippen LogP contribution in [0.15, 0.2) is 36.8 Å². The maximum absolute atomic E-state index is 5.78. The smallest absolute Gasteiger partial charge is 0.155 e. The van der Waals surface area contributed by atoms with E-state index in [4.69, 9.17) is 4.74 Å². The summed E-state index contributed by atoms with van der Waals surface area (Å²) >= 11 is 0. The number of rotatable bonds is 6. The van der Waals surface area contributed by atoms with E-state index in [0.29, 0.717) is 6.73 Å². The molecule has 0 aliphatic carbocycles. The molecule has 3 heterocycles. The standard InChI is InChI=1S/C15H21N5OSi/c1-22(2,3)10-9-21-12-19-15(6-8-17-19)20-14-5-4-7-16-13(14)11-18-20/h4-8,11H,9-10,12H2,1-3H3. The SMILES string of the molecule is C[Si](C)(C)CCOCn1nccc1-n1ncc2ncccc21. The van der Waals surface area contributed by atoms with E-state index in [9.17, 15) is 0 Å². The van der Waals surface area contributed by atoms with Crippen molar-refractivity contribution in [1.82, 2.24) is 24.5 Å². The Hall–Kier alpha value is -1.99. The molecular formula is C15H21N5OSi. The van der Waals surface area contributed by atoms with E-state index in [-0.39, 0.29) is 0 Å². The third-order valence-electron chi connectivity index (χ3n) is 3.46. The van der Waals surface area contributed by atoms with Gasteiger partial charge in [0.05, 0.1) is 17.9 Å². The quantitative estimate of drug-likeness (QED) is 0.518. The first kappa shape index (κ1) is 14.9. The number of pyridine rings is 1. The van der Waals surface area contributed by atoms with Crippen molar-refractivity contribution in [2.75, 3.05) is 6.61 Å². The minimum absolute atomic E-state index is 0.439. The van der Waals surface area contributed by atoms with Gasteiger partial charge in [-0.2, -0.15) is 10.2 Å². The van der Waals surface area contributed by atoms with E-state index in [1.165, 1.54) is 0 Å². The summed E-state index contributed by atoms with van der Waals surface area (Å²) in [6, 6.07) is 6.99. The van der Waals surface area contributed by atoms with Crippen molar-refractivity contribution in [1.29, 1.82) is 0 Å². The third-order valence-corrected chi connectivity index (χ3v) is 5.17.